The van der Waals surface area contributed by atoms with Crippen LogP contribution in [0.15, 0.2) is 0 Å². The van der Waals surface area contributed by atoms with Crippen molar-refractivity contribution in [2.45, 2.75) is 0 Å². The average Bonchev–Trinajstić information content (AvgIpc) is 3.00. The van der Waals surface area contributed by atoms with Gasteiger partial charge in [-0.25, -0.2) is 0 Å². The molecule has 0 N–H and O–H groups in total. The van der Waals surface area contributed by atoms with Gasteiger partial charge in [0.25, 0.3) is 0 Å². The van der Waals surface area contributed by atoms with Crippen molar-refractivity contribution in [3.8, 4) is 0 Å². The standard InChI is InChI=1S/15CHO.5Mn/c15*1-2;;;;;/h15*1H;;;;;/q15*-1;5*+3. The molecule has 0 unspecified atom stereocenters. The van der Waals surface area contributed by atoms with Crippen molar-refractivity contribution in [1.29, 1.82) is 0 Å². The van der Waals surface area contributed by atoms with Crippen LogP contribution in [0.5, 0.6) is 0 Å². The van der Waals surface area contributed by atoms with Crippen LogP contribution in [0, 0.1) is 0 Å². The Morgan fingerprint density at radius 3 is 0.114 bits per heavy atom. The first-order valence-corrected chi connectivity index (χ1v) is 3.54. The molecule has 20 heteroatoms. The third-order valence-corrected chi connectivity index (χ3v) is 0. The number of hydrogen-bond donors (Lipinski definition) is 0. The van der Waals surface area contributed by atoms with Crippen molar-refractivity contribution in [1.82, 2.24) is 0 Å². The number of hydrogen-bond acceptors (Lipinski definition) is 15. The zero-order valence-electron chi connectivity index (χ0n) is 16.7. The second-order valence-corrected chi connectivity index (χ2v) is 0. The van der Waals surface area contributed by atoms with Crippen molar-refractivity contribution in [3.63, 3.8) is 0 Å². The molecule has 0 fully saturated rings. The molecular weight excluding hydrogens is 695 g/mol. The normalized spacial score (nSPS) is 1.71. The van der Waals surface area contributed by atoms with E-state index in [0.29, 0.717) is 0 Å². The Hall–Kier alpha value is -2.35. The fourth-order valence-electron chi connectivity index (χ4n) is 0. The van der Waals surface area contributed by atoms with E-state index in [1.54, 1.807) is 0 Å². The zero-order valence-corrected chi connectivity index (χ0v) is 22.6. The maximum atomic E-state index is 7.75. The minimum Gasteiger partial charge on any atom is -0.545 e. The van der Waals surface area contributed by atoms with Gasteiger partial charge in [0.1, 0.15) is 0 Å². The van der Waals surface area contributed by atoms with Gasteiger partial charge < -0.3 is 71.9 Å². The Bertz CT molecular complexity index is 109. The molecule has 0 aromatic rings. The summed E-state index contributed by atoms with van der Waals surface area (Å²) in [7, 11) is 0. The van der Waals surface area contributed by atoms with Gasteiger partial charge in [-0.05, 0) is 0 Å². The van der Waals surface area contributed by atoms with E-state index < -0.39 is 0 Å². The first-order chi connectivity index (χ1) is 15.0. The SMILES string of the molecule is [CH-]=O.[CH-]=O.[CH-]=O.[CH-]=O.[CH-]=O.[CH-]=O.[CH-]=O.[CH-]=O.[CH-]=O.[CH-]=O.[CH-]=O.[CH-]=O.[CH-]=O.[CH-]=O.[CH-]=O.[Mn+3].[Mn+3].[Mn+3].[Mn+3].[Mn+3]. The minimum atomic E-state index is 0. The molecule has 0 radical (unpaired) electrons. The van der Waals surface area contributed by atoms with Crippen LogP contribution in [0.4, 0.5) is 0 Å². The molecular formula is C15H15Mn5O15. The minimum absolute atomic E-state index is 0. The van der Waals surface area contributed by atoms with Crippen LogP contribution in [0.3, 0.4) is 0 Å². The summed E-state index contributed by atoms with van der Waals surface area (Å²) >= 11 is 0. The van der Waals surface area contributed by atoms with Crippen LogP contribution < -0.4 is 0 Å². The number of carbonyl (C=O) groups excluding carboxylic acids is 15. The van der Waals surface area contributed by atoms with Gasteiger partial charge in [0, 0.05) is 0 Å². The predicted octanol–water partition coefficient (Wildman–Crippen LogP) is -4.12. The first kappa shape index (κ1) is 204. The molecule has 0 aliphatic carbocycles. The van der Waals surface area contributed by atoms with E-state index in [1.165, 1.54) is 0 Å². The fraction of sp³-hybridized carbons (Fsp3) is 0. The van der Waals surface area contributed by atoms with E-state index in [2.05, 4.69) is 102 Å². The molecule has 200 valence electrons. The summed E-state index contributed by atoms with van der Waals surface area (Å²) in [5, 5.41) is 0. The van der Waals surface area contributed by atoms with Crippen molar-refractivity contribution >= 4 is 102 Å². The second-order valence-electron chi connectivity index (χ2n) is 0. The molecule has 0 spiro atoms. The van der Waals surface area contributed by atoms with Crippen molar-refractivity contribution < 1.29 is 157 Å². The van der Waals surface area contributed by atoms with Crippen LogP contribution in [-0.2, 0) is 157 Å². The molecule has 0 aromatic carbocycles. The topological polar surface area (TPSA) is 256 Å². The third-order valence-electron chi connectivity index (χ3n) is 0. The first-order valence-electron chi connectivity index (χ1n) is 3.54. The van der Waals surface area contributed by atoms with Gasteiger partial charge in [0.2, 0.25) is 0 Å². The van der Waals surface area contributed by atoms with Crippen molar-refractivity contribution in [2.75, 3.05) is 0 Å². The Balaban J connectivity index is -0.00000000379. The molecule has 0 aliphatic rings. The van der Waals surface area contributed by atoms with Gasteiger partial charge in [0.05, 0.1) is 0 Å². The molecule has 0 atom stereocenters. The van der Waals surface area contributed by atoms with Crippen LogP contribution >= 0.6 is 0 Å². The summed E-state index contributed by atoms with van der Waals surface area (Å²) in [5.74, 6) is 0. The molecule has 0 aromatic heterocycles. The van der Waals surface area contributed by atoms with Gasteiger partial charge in [-0.2, -0.15) is 0 Å². The van der Waals surface area contributed by atoms with E-state index in [9.17, 15) is 0 Å². The third kappa shape index (κ3) is 5030. The maximum absolute atomic E-state index is 7.75. The van der Waals surface area contributed by atoms with E-state index in [1.807, 2.05) is 0 Å². The van der Waals surface area contributed by atoms with Gasteiger partial charge in [-0.1, -0.05) is 0 Å². The predicted molar refractivity (Wildman–Crippen MR) is 101 cm³/mol. The van der Waals surface area contributed by atoms with Gasteiger partial charge in [0.15, 0.2) is 0 Å². The fourth-order valence-corrected chi connectivity index (χ4v) is 0. The molecule has 0 saturated heterocycles. The van der Waals surface area contributed by atoms with Crippen LogP contribution in [0.2, 0.25) is 0 Å². The van der Waals surface area contributed by atoms with Crippen LogP contribution in [-0.4, -0.2) is 102 Å². The molecule has 0 saturated carbocycles. The largest absolute Gasteiger partial charge is 3.00 e. The molecule has 35 heavy (non-hydrogen) atoms. The maximum Gasteiger partial charge on any atom is 3.00 e. The summed E-state index contributed by atoms with van der Waals surface area (Å²) in [6, 6.07) is 0. The Labute approximate surface area is 257 Å². The van der Waals surface area contributed by atoms with Gasteiger partial charge in [-0.15, -0.1) is 0 Å². The Morgan fingerprint density at radius 2 is 0.114 bits per heavy atom. The van der Waals surface area contributed by atoms with Gasteiger partial charge in [-0.3, -0.25) is 102 Å². The van der Waals surface area contributed by atoms with Crippen molar-refractivity contribution in [2.24, 2.45) is 0 Å². The Morgan fingerprint density at radius 1 is 0.114 bits per heavy atom. The molecule has 0 bridgehead atoms. The summed E-state index contributed by atoms with van der Waals surface area (Å²) in [4.78, 5) is 116. The Kier molecular flexibility index (Phi) is 31400. The molecule has 0 amide bonds. The summed E-state index contributed by atoms with van der Waals surface area (Å²) in [6.45, 7) is 48.8. The summed E-state index contributed by atoms with van der Waals surface area (Å²) < 4.78 is 0. The van der Waals surface area contributed by atoms with E-state index in [4.69, 9.17) is 71.9 Å². The van der Waals surface area contributed by atoms with Crippen LogP contribution in [0.1, 0.15) is 0 Å². The molecule has 0 heterocycles. The zero-order chi connectivity index (χ0) is 30.0. The molecule has 0 rings (SSSR count). The molecule has 15 nitrogen and oxygen atoms in total. The summed E-state index contributed by atoms with van der Waals surface area (Å²) in [5.41, 5.74) is 0. The van der Waals surface area contributed by atoms with E-state index in [0.717, 1.165) is 0 Å². The monoisotopic (exact) mass is 710 g/mol. The van der Waals surface area contributed by atoms with Crippen LogP contribution in [0.25, 0.3) is 0 Å². The van der Waals surface area contributed by atoms with E-state index >= 15 is 0 Å². The average molecular weight is 710 g/mol. The second kappa shape index (κ2) is 5370. The summed E-state index contributed by atoms with van der Waals surface area (Å²) in [6.07, 6.45) is 0. The van der Waals surface area contributed by atoms with Gasteiger partial charge >= 0.3 is 85.3 Å². The van der Waals surface area contributed by atoms with Crippen molar-refractivity contribution in [3.05, 3.63) is 0 Å². The quantitative estimate of drug-likeness (QED) is 0.131. The number of rotatable bonds is 0. The smallest absolute Gasteiger partial charge is 0.545 e. The van der Waals surface area contributed by atoms with E-state index in [-0.39, 0.29) is 85.3 Å². The molecule has 0 aliphatic heterocycles.